The van der Waals surface area contributed by atoms with Crippen molar-refractivity contribution in [3.8, 4) is 0 Å². The molecule has 0 N–H and O–H groups in total. The summed E-state index contributed by atoms with van der Waals surface area (Å²) in [7, 11) is -5.83. The number of benzene rings is 11. The van der Waals surface area contributed by atoms with E-state index in [9.17, 15) is 0 Å². The predicted molar refractivity (Wildman–Crippen MR) is 457 cm³/mol. The molecule has 11 aromatic rings. The molecule has 0 aromatic heterocycles. The zero-order valence-corrected chi connectivity index (χ0v) is 70.6. The van der Waals surface area contributed by atoms with Crippen LogP contribution >= 0.6 is 31.1 Å². The van der Waals surface area contributed by atoms with Gasteiger partial charge in [0.05, 0.1) is 34.7 Å². The molecule has 0 spiro atoms. The molecule has 0 saturated heterocycles. The van der Waals surface area contributed by atoms with Gasteiger partial charge in [0.1, 0.15) is 15.9 Å². The van der Waals surface area contributed by atoms with Crippen LogP contribution in [0.4, 0.5) is 0 Å². The Bertz CT molecular complexity index is 4240. The van der Waals surface area contributed by atoms with E-state index >= 15 is 5.11 Å². The van der Waals surface area contributed by atoms with Crippen molar-refractivity contribution in [2.45, 2.75) is 132 Å². The van der Waals surface area contributed by atoms with Crippen molar-refractivity contribution in [1.29, 1.82) is 0 Å². The average molecular weight is 1660 g/mol. The maximum atomic E-state index is 15.6. The molecule has 4 nitrogen and oxygen atoms in total. The summed E-state index contributed by atoms with van der Waals surface area (Å²) < 4.78 is 6.05. The second-order valence-electron chi connectivity index (χ2n) is 33.1. The standard InChI is InChI=1S/C36H36NOP.2C22H26NP.C18H15P.Pd.Y/c38-35(34(30-13-5-1-6-14-30)31-15-7-2-8-16-31)39(32-17-9-3-10-18-32,33-19-11-4-12-20-33)37-36-24-27-21-28(25-36)23-29(22-27)26-36;2*1-3-7-20(8-4-1)24(21-9-5-2-6-10-21)23-22-14-17-11-18(15-22)13-19(12-17)16-22;1-4-10-16(11-5-1)19(17-12-6-2-7-13-17)18-14-8-3-9-15-18;;/h1-20,27-29,38H,21-26H2;2*1-10,17-19,24H,11-16H2;1-15H;;. The van der Waals surface area contributed by atoms with Gasteiger partial charge in [-0.3, -0.25) is 4.74 Å². The van der Waals surface area contributed by atoms with Gasteiger partial charge in [0, 0.05) is 60.2 Å². The van der Waals surface area contributed by atoms with Gasteiger partial charge in [-0.1, -0.05) is 304 Å². The van der Waals surface area contributed by atoms with Gasteiger partial charge in [-0.15, -0.1) is 0 Å². The molecule has 1 radical (unpaired) electrons. The third-order valence-corrected chi connectivity index (χ3v) is 36.6. The Balaban J connectivity index is 0.000000119. The van der Waals surface area contributed by atoms with Crippen LogP contribution in [-0.2, 0) is 53.1 Å². The smallest absolute Gasteiger partial charge is 0.102 e. The monoisotopic (exact) mass is 1660 g/mol. The van der Waals surface area contributed by atoms with Crippen molar-refractivity contribution in [3.05, 3.63) is 360 Å². The first-order chi connectivity index (χ1) is 52.2. The topological polar surface area (TPSA) is 63.6 Å². The van der Waals surface area contributed by atoms with E-state index < -0.39 is 31.1 Å². The van der Waals surface area contributed by atoms with Crippen molar-refractivity contribution >= 4 is 84.4 Å². The molecule has 12 aliphatic carbocycles. The average Bonchev–Trinajstić information content (AvgIpc) is 0.723. The summed E-state index contributed by atoms with van der Waals surface area (Å²) in [5.74, 6) is 8.08. The molecule has 108 heavy (non-hydrogen) atoms. The SMILES string of the molecule is [O-]C(=C(c1ccccc1)c1ccccc1)P(=NC12CC3CC(CC(C3)C1)C2)(c1ccccc1)c1ccccc1.[Pd].[Y].c1ccc([PH+]([N-]C23CC4CC(CC(C4)C2)C3)c2ccccc2)cc1.c1ccc([PH+]([N-]C23CC4CC(CC(C4)C2)C3)c2ccccc2)cc1.c1ccc([PH+](c2ccccc2)c2ccccc2)cc1. The zero-order chi connectivity index (χ0) is 71.2. The van der Waals surface area contributed by atoms with Crippen LogP contribution in [0.15, 0.2) is 344 Å². The fourth-order valence-electron chi connectivity index (χ4n) is 22.3. The Morgan fingerprint density at radius 1 is 0.287 bits per heavy atom. The minimum absolute atomic E-state index is 0. The maximum Gasteiger partial charge on any atom is 0.102 e. The minimum atomic E-state index is -2.88. The summed E-state index contributed by atoms with van der Waals surface area (Å²) in [5.41, 5.74) is 3.38. The second kappa shape index (κ2) is 35.5. The molecule has 0 atom stereocenters. The van der Waals surface area contributed by atoms with E-state index in [0.29, 0.717) is 11.1 Å². The molecule has 12 bridgehead atoms. The number of hydrogen-bond donors (Lipinski definition) is 0. The van der Waals surface area contributed by atoms with Gasteiger partial charge in [-0.05, 0) is 259 Å². The molecule has 11 aromatic carbocycles. The van der Waals surface area contributed by atoms with Crippen LogP contribution in [0.25, 0.3) is 15.7 Å². The van der Waals surface area contributed by atoms with Gasteiger partial charge in [-0.2, -0.15) is 0 Å². The largest absolute Gasteiger partial charge is 0.870 e. The third-order valence-electron chi connectivity index (χ3n) is 25.3. The molecule has 12 aliphatic rings. The quantitative estimate of drug-likeness (QED) is 0.0509. The van der Waals surface area contributed by atoms with Gasteiger partial charge >= 0.3 is 0 Å². The molecule has 0 unspecified atom stereocenters. The Hall–Kier alpha value is -5.83. The Labute approximate surface area is 687 Å². The first-order valence-corrected chi connectivity index (χ1v) is 46.1. The zero-order valence-electron chi connectivity index (χ0n) is 62.3. The van der Waals surface area contributed by atoms with Crippen molar-refractivity contribution in [3.63, 3.8) is 0 Å². The fraction of sp³-hybridized carbons (Fsp3) is 0.306. The van der Waals surface area contributed by atoms with Crippen LogP contribution in [0, 0.1) is 53.3 Å². The molecule has 12 fully saturated rings. The summed E-state index contributed by atoms with van der Waals surface area (Å²) in [4.78, 5) is 0. The van der Waals surface area contributed by atoms with Crippen LogP contribution < -0.4 is 52.8 Å². The van der Waals surface area contributed by atoms with E-state index in [0.717, 1.165) is 99.8 Å². The first-order valence-electron chi connectivity index (χ1n) is 39.9. The number of rotatable bonds is 17. The van der Waals surface area contributed by atoms with E-state index in [4.69, 9.17) is 14.9 Å². The molecular weight excluding hydrogens is 1550 g/mol. The summed E-state index contributed by atoms with van der Waals surface area (Å²) in [6.45, 7) is 0. The maximum absolute atomic E-state index is 15.6. The van der Waals surface area contributed by atoms with Crippen molar-refractivity contribution in [2.75, 3.05) is 0 Å². The molecule has 12 saturated carbocycles. The summed E-state index contributed by atoms with van der Waals surface area (Å²) in [6.07, 6.45) is 24.7. The molecule has 0 heterocycles. The van der Waals surface area contributed by atoms with E-state index in [1.165, 1.54) is 133 Å². The first kappa shape index (κ1) is 77.5. The Kier molecular flexibility index (Phi) is 25.4. The second-order valence-corrected chi connectivity index (χ2v) is 42.6. The summed E-state index contributed by atoms with van der Waals surface area (Å²) in [5, 5.41) is 39.3. The Morgan fingerprint density at radius 3 is 0.731 bits per heavy atom. The molecule has 549 valence electrons. The van der Waals surface area contributed by atoms with Crippen LogP contribution in [0.1, 0.15) is 127 Å². The number of hydrogen-bond acceptors (Lipinski definition) is 2. The molecule has 0 amide bonds. The van der Waals surface area contributed by atoms with Crippen molar-refractivity contribution in [2.24, 2.45) is 58.0 Å². The molecule has 23 rings (SSSR count). The number of nitrogens with zero attached hydrogens (tertiary/aromatic N) is 3. The van der Waals surface area contributed by atoms with Gasteiger partial charge in [-0.25, -0.2) is 0 Å². The van der Waals surface area contributed by atoms with E-state index in [1.54, 1.807) is 0 Å². The van der Waals surface area contributed by atoms with Crippen LogP contribution in [0.5, 0.6) is 0 Å². The third kappa shape index (κ3) is 17.5. The molecule has 0 aliphatic heterocycles. The van der Waals surface area contributed by atoms with Crippen LogP contribution in [0.2, 0.25) is 0 Å². The van der Waals surface area contributed by atoms with Gasteiger partial charge in [0.2, 0.25) is 0 Å². The fourth-order valence-corrected chi connectivity index (χ4v) is 33.3. The summed E-state index contributed by atoms with van der Waals surface area (Å²) in [6, 6.07) is 118. The normalized spacial score (nSPS) is 26.1. The van der Waals surface area contributed by atoms with Gasteiger partial charge < -0.3 is 15.3 Å². The minimum Gasteiger partial charge on any atom is -0.870 e. The van der Waals surface area contributed by atoms with E-state index in [1.807, 2.05) is 36.4 Å². The Morgan fingerprint density at radius 2 is 0.491 bits per heavy atom. The summed E-state index contributed by atoms with van der Waals surface area (Å²) >= 11 is 0. The van der Waals surface area contributed by atoms with Crippen molar-refractivity contribution < 1.29 is 58.2 Å². The van der Waals surface area contributed by atoms with E-state index in [-0.39, 0.29) is 64.2 Å². The van der Waals surface area contributed by atoms with Gasteiger partial charge in [0.25, 0.3) is 0 Å². The molecular formula is C98H103N3OP4PdY. The van der Waals surface area contributed by atoms with Gasteiger partial charge in [0.15, 0.2) is 0 Å². The van der Waals surface area contributed by atoms with E-state index in [2.05, 4.69) is 297 Å². The predicted octanol–water partition coefficient (Wildman–Crippen LogP) is 21.0. The van der Waals surface area contributed by atoms with Crippen molar-refractivity contribution in [1.82, 2.24) is 0 Å². The molecule has 10 heteroatoms. The van der Waals surface area contributed by atoms with Crippen LogP contribution in [-0.4, -0.2) is 16.6 Å². The van der Waals surface area contributed by atoms with Crippen LogP contribution in [0.3, 0.4) is 0 Å².